The van der Waals surface area contributed by atoms with Crippen molar-refractivity contribution in [2.24, 2.45) is 5.92 Å². The van der Waals surface area contributed by atoms with Crippen LogP contribution in [-0.4, -0.2) is 24.5 Å². The fourth-order valence-corrected chi connectivity index (χ4v) is 2.89. The van der Waals surface area contributed by atoms with Crippen molar-refractivity contribution in [1.29, 1.82) is 0 Å². The molecule has 1 unspecified atom stereocenters. The number of nitrogens with zero attached hydrogens (tertiary/aromatic N) is 2. The van der Waals surface area contributed by atoms with Gasteiger partial charge in [-0.3, -0.25) is 4.98 Å². The summed E-state index contributed by atoms with van der Waals surface area (Å²) in [5.74, 6) is -0.507. The van der Waals surface area contributed by atoms with Gasteiger partial charge in [0.05, 0.1) is 5.52 Å². The van der Waals surface area contributed by atoms with Gasteiger partial charge in [-0.05, 0) is 36.6 Å². The number of benzene rings is 1. The minimum atomic E-state index is -2.22. The predicted octanol–water partition coefficient (Wildman–Crippen LogP) is 3.89. The summed E-state index contributed by atoms with van der Waals surface area (Å²) in [5.41, 5.74) is 3.21. The topological polar surface area (TPSA) is 16.1 Å². The molecule has 0 spiro atoms. The van der Waals surface area contributed by atoms with Crippen molar-refractivity contribution in [3.05, 3.63) is 36.0 Å². The molecule has 0 bridgehead atoms. The monoisotopic (exact) mass is 276 g/mol. The summed E-state index contributed by atoms with van der Waals surface area (Å²) in [6, 6.07) is 8.16. The molecule has 3 rings (SSSR count). The van der Waals surface area contributed by atoms with Gasteiger partial charge in [0.1, 0.15) is 0 Å². The standard InChI is InChI=1S/C16H18F2N2/c1-2-11-3-4-14-13(9-11)15(5-7-19-14)20-8-6-12(10-20)16(17)18/h3-5,7,9,12,16H,2,6,8,10H2,1H3. The summed E-state index contributed by atoms with van der Waals surface area (Å²) in [5, 5.41) is 1.07. The van der Waals surface area contributed by atoms with Gasteiger partial charge in [0.25, 0.3) is 0 Å². The molecular formula is C16H18F2N2. The molecular weight excluding hydrogens is 258 g/mol. The molecule has 0 radical (unpaired) electrons. The van der Waals surface area contributed by atoms with E-state index < -0.39 is 12.3 Å². The summed E-state index contributed by atoms with van der Waals surface area (Å²) < 4.78 is 25.6. The van der Waals surface area contributed by atoms with Crippen molar-refractivity contribution in [1.82, 2.24) is 4.98 Å². The second-order valence-corrected chi connectivity index (χ2v) is 5.36. The van der Waals surface area contributed by atoms with Crippen LogP contribution in [0.3, 0.4) is 0 Å². The van der Waals surface area contributed by atoms with Crippen molar-refractivity contribution in [2.75, 3.05) is 18.0 Å². The first-order valence-corrected chi connectivity index (χ1v) is 7.09. The SMILES string of the molecule is CCc1ccc2nccc(N3CCC(C(F)F)C3)c2c1. The maximum Gasteiger partial charge on any atom is 0.243 e. The van der Waals surface area contributed by atoms with Gasteiger partial charge in [0, 0.05) is 36.3 Å². The van der Waals surface area contributed by atoms with E-state index >= 15 is 0 Å². The second-order valence-electron chi connectivity index (χ2n) is 5.36. The Balaban J connectivity index is 1.99. The third-order valence-electron chi connectivity index (χ3n) is 4.11. The molecule has 1 atom stereocenters. The number of fused-ring (bicyclic) bond motifs is 1. The number of halogens is 2. The van der Waals surface area contributed by atoms with Crippen LogP contribution in [0.2, 0.25) is 0 Å². The lowest BCUT2D eigenvalue weighted by molar-refractivity contribution is 0.0880. The molecule has 106 valence electrons. The van der Waals surface area contributed by atoms with Crippen LogP contribution in [0.5, 0.6) is 0 Å². The third kappa shape index (κ3) is 2.35. The first-order valence-electron chi connectivity index (χ1n) is 7.09. The van der Waals surface area contributed by atoms with Crippen molar-refractivity contribution >= 4 is 16.6 Å². The Morgan fingerprint density at radius 2 is 2.20 bits per heavy atom. The van der Waals surface area contributed by atoms with E-state index in [1.807, 2.05) is 12.1 Å². The van der Waals surface area contributed by atoms with E-state index in [2.05, 4.69) is 28.9 Å². The maximum atomic E-state index is 12.8. The summed E-state index contributed by atoms with van der Waals surface area (Å²) in [7, 11) is 0. The number of anilines is 1. The van der Waals surface area contributed by atoms with Crippen LogP contribution in [0.25, 0.3) is 10.9 Å². The third-order valence-corrected chi connectivity index (χ3v) is 4.11. The fourth-order valence-electron chi connectivity index (χ4n) is 2.89. The molecule has 2 nitrogen and oxygen atoms in total. The number of rotatable bonds is 3. The lowest BCUT2D eigenvalue weighted by Gasteiger charge is -2.20. The molecule has 2 aromatic rings. The highest BCUT2D eigenvalue weighted by molar-refractivity contribution is 5.92. The van der Waals surface area contributed by atoms with E-state index in [-0.39, 0.29) is 0 Å². The van der Waals surface area contributed by atoms with Gasteiger partial charge in [0.15, 0.2) is 0 Å². The average molecular weight is 276 g/mol. The quantitative estimate of drug-likeness (QED) is 0.845. The van der Waals surface area contributed by atoms with E-state index in [1.54, 1.807) is 6.20 Å². The molecule has 1 fully saturated rings. The number of hydrogen-bond acceptors (Lipinski definition) is 2. The van der Waals surface area contributed by atoms with Gasteiger partial charge in [-0.15, -0.1) is 0 Å². The Morgan fingerprint density at radius 1 is 1.35 bits per heavy atom. The van der Waals surface area contributed by atoms with E-state index in [1.165, 1.54) is 5.56 Å². The van der Waals surface area contributed by atoms with Crippen LogP contribution in [0, 0.1) is 5.92 Å². The minimum absolute atomic E-state index is 0.438. The molecule has 0 N–H and O–H groups in total. The van der Waals surface area contributed by atoms with Crippen molar-refractivity contribution < 1.29 is 8.78 Å². The van der Waals surface area contributed by atoms with E-state index in [4.69, 9.17) is 0 Å². The van der Waals surface area contributed by atoms with Gasteiger partial charge in [-0.25, -0.2) is 8.78 Å². The number of aryl methyl sites for hydroxylation is 1. The minimum Gasteiger partial charge on any atom is -0.370 e. The van der Waals surface area contributed by atoms with Crippen LogP contribution in [0.1, 0.15) is 18.9 Å². The molecule has 1 aromatic heterocycles. The van der Waals surface area contributed by atoms with E-state index in [0.29, 0.717) is 19.5 Å². The lowest BCUT2D eigenvalue weighted by Crippen LogP contribution is -2.22. The lowest BCUT2D eigenvalue weighted by atomic mass is 10.1. The van der Waals surface area contributed by atoms with Gasteiger partial charge in [-0.1, -0.05) is 13.0 Å². The second kappa shape index (κ2) is 5.35. The maximum absolute atomic E-state index is 12.8. The number of aromatic nitrogens is 1. The molecule has 0 amide bonds. The Kier molecular flexibility index (Phi) is 3.55. The highest BCUT2D eigenvalue weighted by Gasteiger charge is 2.30. The van der Waals surface area contributed by atoms with Crippen LogP contribution in [0.15, 0.2) is 30.5 Å². The van der Waals surface area contributed by atoms with Crippen LogP contribution >= 0.6 is 0 Å². The summed E-state index contributed by atoms with van der Waals surface area (Å²) in [6.07, 6.45) is 1.07. The molecule has 0 saturated carbocycles. The Labute approximate surface area is 117 Å². The summed E-state index contributed by atoms with van der Waals surface area (Å²) >= 11 is 0. The normalized spacial score (nSPS) is 19.2. The summed E-state index contributed by atoms with van der Waals surface area (Å²) in [4.78, 5) is 6.44. The van der Waals surface area contributed by atoms with Crippen molar-refractivity contribution in [3.8, 4) is 0 Å². The number of pyridine rings is 1. The first kappa shape index (κ1) is 13.3. The highest BCUT2D eigenvalue weighted by atomic mass is 19.3. The molecule has 20 heavy (non-hydrogen) atoms. The van der Waals surface area contributed by atoms with Crippen LogP contribution in [0.4, 0.5) is 14.5 Å². The van der Waals surface area contributed by atoms with Gasteiger partial charge in [0.2, 0.25) is 6.43 Å². The van der Waals surface area contributed by atoms with Gasteiger partial charge in [-0.2, -0.15) is 0 Å². The van der Waals surface area contributed by atoms with Crippen LogP contribution in [-0.2, 0) is 6.42 Å². The smallest absolute Gasteiger partial charge is 0.243 e. The Morgan fingerprint density at radius 3 is 2.90 bits per heavy atom. The van der Waals surface area contributed by atoms with Crippen molar-refractivity contribution in [3.63, 3.8) is 0 Å². The average Bonchev–Trinajstić information content (AvgIpc) is 2.96. The zero-order chi connectivity index (χ0) is 14.1. The molecule has 1 aliphatic heterocycles. The molecule has 2 heterocycles. The zero-order valence-corrected chi connectivity index (χ0v) is 11.5. The van der Waals surface area contributed by atoms with E-state index in [0.717, 1.165) is 23.0 Å². The molecule has 0 aliphatic carbocycles. The van der Waals surface area contributed by atoms with Gasteiger partial charge < -0.3 is 4.90 Å². The molecule has 4 heteroatoms. The summed E-state index contributed by atoms with van der Waals surface area (Å²) in [6.45, 7) is 3.25. The molecule has 1 saturated heterocycles. The fraction of sp³-hybridized carbons (Fsp3) is 0.438. The Bertz CT molecular complexity index is 612. The van der Waals surface area contributed by atoms with Crippen molar-refractivity contribution in [2.45, 2.75) is 26.2 Å². The molecule has 1 aromatic carbocycles. The Hall–Kier alpha value is -1.71. The van der Waals surface area contributed by atoms with E-state index in [9.17, 15) is 8.78 Å². The first-order chi connectivity index (χ1) is 9.69. The highest BCUT2D eigenvalue weighted by Crippen LogP contribution is 2.32. The predicted molar refractivity (Wildman–Crippen MR) is 77.4 cm³/mol. The van der Waals surface area contributed by atoms with Gasteiger partial charge >= 0.3 is 0 Å². The number of alkyl halides is 2. The van der Waals surface area contributed by atoms with Crippen LogP contribution < -0.4 is 4.90 Å². The molecule has 1 aliphatic rings. The largest absolute Gasteiger partial charge is 0.370 e. The zero-order valence-electron chi connectivity index (χ0n) is 11.5. The number of hydrogen-bond donors (Lipinski definition) is 0.